The SMILES string of the molecule is CC(O)C1(c2ccc(Cl)cc2F)CC1. The Hall–Kier alpha value is -0.600. The Kier molecular flexibility index (Phi) is 2.28. The zero-order valence-corrected chi connectivity index (χ0v) is 8.68. The summed E-state index contributed by atoms with van der Waals surface area (Å²) in [5, 5.41) is 9.99. The van der Waals surface area contributed by atoms with Crippen molar-refractivity contribution in [1.82, 2.24) is 0 Å². The minimum Gasteiger partial charge on any atom is -0.392 e. The van der Waals surface area contributed by atoms with Gasteiger partial charge in [-0.1, -0.05) is 17.7 Å². The molecule has 1 atom stereocenters. The van der Waals surface area contributed by atoms with E-state index in [-0.39, 0.29) is 11.2 Å². The van der Waals surface area contributed by atoms with E-state index in [0.717, 1.165) is 12.8 Å². The summed E-state index contributed by atoms with van der Waals surface area (Å²) >= 11 is 5.66. The standard InChI is InChI=1S/C11H12ClFO/c1-7(14)11(4-5-11)9-3-2-8(12)6-10(9)13/h2-3,6-7,14H,4-5H2,1H3. The average Bonchev–Trinajstić information content (AvgIpc) is 2.84. The maximum absolute atomic E-state index is 13.6. The molecule has 3 heteroatoms. The molecule has 1 nitrogen and oxygen atoms in total. The first-order valence-corrected chi connectivity index (χ1v) is 5.08. The summed E-state index contributed by atoms with van der Waals surface area (Å²) in [4.78, 5) is 0. The van der Waals surface area contributed by atoms with Crippen LogP contribution >= 0.6 is 11.6 Å². The highest BCUT2D eigenvalue weighted by atomic mass is 35.5. The second kappa shape index (κ2) is 3.21. The Balaban J connectivity index is 2.42. The lowest BCUT2D eigenvalue weighted by molar-refractivity contribution is 0.148. The molecule has 1 N–H and O–H groups in total. The molecule has 1 unspecified atom stereocenters. The monoisotopic (exact) mass is 214 g/mol. The van der Waals surface area contributed by atoms with Crippen LogP contribution in [0.4, 0.5) is 4.39 Å². The first-order chi connectivity index (χ1) is 6.56. The van der Waals surface area contributed by atoms with Crippen LogP contribution in [0.5, 0.6) is 0 Å². The van der Waals surface area contributed by atoms with E-state index in [4.69, 9.17) is 11.6 Å². The molecule has 1 aromatic rings. The molecule has 2 rings (SSSR count). The predicted octanol–water partition coefficient (Wildman–Crippen LogP) is 2.89. The lowest BCUT2D eigenvalue weighted by atomic mass is 9.90. The van der Waals surface area contributed by atoms with Gasteiger partial charge < -0.3 is 5.11 Å². The molecule has 0 heterocycles. The maximum Gasteiger partial charge on any atom is 0.128 e. The van der Waals surface area contributed by atoms with Crippen LogP contribution in [0.3, 0.4) is 0 Å². The maximum atomic E-state index is 13.6. The van der Waals surface area contributed by atoms with Crippen molar-refractivity contribution in [2.24, 2.45) is 0 Å². The third-order valence-electron chi connectivity index (χ3n) is 3.06. The van der Waals surface area contributed by atoms with Gasteiger partial charge in [0.25, 0.3) is 0 Å². The van der Waals surface area contributed by atoms with E-state index in [0.29, 0.717) is 10.6 Å². The highest BCUT2D eigenvalue weighted by molar-refractivity contribution is 6.30. The number of rotatable bonds is 2. The van der Waals surface area contributed by atoms with Crippen molar-refractivity contribution >= 4 is 11.6 Å². The minimum absolute atomic E-state index is 0.309. The summed E-state index contributed by atoms with van der Waals surface area (Å²) < 4.78 is 13.6. The fraction of sp³-hybridized carbons (Fsp3) is 0.455. The molecule has 0 radical (unpaired) electrons. The number of aliphatic hydroxyl groups excluding tert-OH is 1. The van der Waals surface area contributed by atoms with Crippen molar-refractivity contribution in [2.45, 2.75) is 31.3 Å². The van der Waals surface area contributed by atoms with Gasteiger partial charge in [-0.2, -0.15) is 0 Å². The second-order valence-corrected chi connectivity index (χ2v) is 4.39. The Labute approximate surface area is 87.5 Å². The van der Waals surface area contributed by atoms with Crippen molar-refractivity contribution in [3.05, 3.63) is 34.6 Å². The van der Waals surface area contributed by atoms with E-state index in [1.807, 2.05) is 0 Å². The zero-order valence-electron chi connectivity index (χ0n) is 7.93. The summed E-state index contributed by atoms with van der Waals surface area (Å²) in [7, 11) is 0. The third kappa shape index (κ3) is 1.43. The van der Waals surface area contributed by atoms with E-state index < -0.39 is 6.10 Å². The van der Waals surface area contributed by atoms with E-state index >= 15 is 0 Å². The van der Waals surface area contributed by atoms with E-state index in [1.54, 1.807) is 19.1 Å². The molecule has 1 aliphatic rings. The van der Waals surface area contributed by atoms with E-state index in [1.165, 1.54) is 6.07 Å². The first kappa shape index (κ1) is 9.94. The number of aliphatic hydroxyl groups is 1. The van der Waals surface area contributed by atoms with Crippen LogP contribution in [0.1, 0.15) is 25.3 Å². The van der Waals surface area contributed by atoms with Crippen LogP contribution in [0.2, 0.25) is 5.02 Å². The van der Waals surface area contributed by atoms with Crippen LogP contribution < -0.4 is 0 Å². The van der Waals surface area contributed by atoms with Gasteiger partial charge in [0.05, 0.1) is 6.10 Å². The van der Waals surface area contributed by atoms with E-state index in [2.05, 4.69) is 0 Å². The largest absolute Gasteiger partial charge is 0.392 e. The minimum atomic E-state index is -0.502. The Bertz CT molecular complexity index is 358. The van der Waals surface area contributed by atoms with Gasteiger partial charge in [0.1, 0.15) is 5.82 Å². The molecule has 1 aliphatic carbocycles. The summed E-state index contributed by atoms with van der Waals surface area (Å²) in [6.07, 6.45) is 1.20. The van der Waals surface area contributed by atoms with Crippen molar-refractivity contribution < 1.29 is 9.50 Å². The summed E-state index contributed by atoms with van der Waals surface area (Å²) in [6, 6.07) is 4.65. The Morgan fingerprint density at radius 2 is 2.14 bits per heavy atom. The fourth-order valence-corrected chi connectivity index (χ4v) is 2.10. The second-order valence-electron chi connectivity index (χ2n) is 3.96. The number of halogens is 2. The molecule has 0 aromatic heterocycles. The predicted molar refractivity (Wildman–Crippen MR) is 54.0 cm³/mol. The number of hydrogen-bond acceptors (Lipinski definition) is 1. The van der Waals surface area contributed by atoms with Gasteiger partial charge in [0.15, 0.2) is 0 Å². The van der Waals surface area contributed by atoms with Gasteiger partial charge in [-0.05, 0) is 37.5 Å². The highest BCUT2D eigenvalue weighted by Gasteiger charge is 2.49. The van der Waals surface area contributed by atoms with Gasteiger partial charge in [-0.3, -0.25) is 0 Å². The lowest BCUT2D eigenvalue weighted by Crippen LogP contribution is -2.23. The lowest BCUT2D eigenvalue weighted by Gasteiger charge is -2.19. The third-order valence-corrected chi connectivity index (χ3v) is 3.29. The van der Waals surface area contributed by atoms with Gasteiger partial charge in [-0.15, -0.1) is 0 Å². The van der Waals surface area contributed by atoms with Crippen molar-refractivity contribution in [2.75, 3.05) is 0 Å². The molecule has 0 amide bonds. The van der Waals surface area contributed by atoms with Crippen molar-refractivity contribution in [1.29, 1.82) is 0 Å². The quantitative estimate of drug-likeness (QED) is 0.803. The molecule has 1 saturated carbocycles. The van der Waals surface area contributed by atoms with Crippen LogP contribution in [0.25, 0.3) is 0 Å². The summed E-state index contributed by atoms with van der Waals surface area (Å²) in [5.74, 6) is -0.309. The smallest absolute Gasteiger partial charge is 0.128 e. The zero-order chi connectivity index (χ0) is 10.3. The highest BCUT2D eigenvalue weighted by Crippen LogP contribution is 2.51. The molecule has 0 saturated heterocycles. The Morgan fingerprint density at radius 3 is 2.57 bits per heavy atom. The van der Waals surface area contributed by atoms with Gasteiger partial charge in [0, 0.05) is 10.4 Å². The average molecular weight is 215 g/mol. The number of benzene rings is 1. The first-order valence-electron chi connectivity index (χ1n) is 4.70. The molecule has 0 aliphatic heterocycles. The summed E-state index contributed by atoms with van der Waals surface area (Å²) in [6.45, 7) is 1.71. The van der Waals surface area contributed by atoms with Crippen LogP contribution in [-0.2, 0) is 5.41 Å². The molecule has 76 valence electrons. The van der Waals surface area contributed by atoms with Gasteiger partial charge in [-0.25, -0.2) is 4.39 Å². The van der Waals surface area contributed by atoms with Crippen LogP contribution in [-0.4, -0.2) is 11.2 Å². The van der Waals surface area contributed by atoms with Crippen molar-refractivity contribution in [3.8, 4) is 0 Å². The van der Waals surface area contributed by atoms with Crippen LogP contribution in [0.15, 0.2) is 18.2 Å². The molecule has 14 heavy (non-hydrogen) atoms. The molecule has 1 fully saturated rings. The van der Waals surface area contributed by atoms with Crippen molar-refractivity contribution in [3.63, 3.8) is 0 Å². The number of hydrogen-bond donors (Lipinski definition) is 1. The Morgan fingerprint density at radius 1 is 1.50 bits per heavy atom. The molecule has 0 spiro atoms. The molecule has 0 bridgehead atoms. The topological polar surface area (TPSA) is 20.2 Å². The molecule has 1 aromatic carbocycles. The molecular formula is C11H12ClFO. The van der Waals surface area contributed by atoms with Crippen LogP contribution in [0, 0.1) is 5.82 Å². The van der Waals surface area contributed by atoms with Gasteiger partial charge >= 0.3 is 0 Å². The van der Waals surface area contributed by atoms with E-state index in [9.17, 15) is 9.50 Å². The van der Waals surface area contributed by atoms with Gasteiger partial charge in [0.2, 0.25) is 0 Å². The molecular weight excluding hydrogens is 203 g/mol. The summed E-state index contributed by atoms with van der Waals surface area (Å²) in [5.41, 5.74) is 0.242. The normalized spacial score (nSPS) is 20.6. The fourth-order valence-electron chi connectivity index (χ4n) is 1.94.